The Kier molecular flexibility index (Phi) is 3.59. The van der Waals surface area contributed by atoms with Crippen LogP contribution in [0.2, 0.25) is 0 Å². The van der Waals surface area contributed by atoms with Crippen LogP contribution in [0.4, 0.5) is 10.5 Å². The topological polar surface area (TPSA) is 40.6 Å². The second-order valence-electron chi connectivity index (χ2n) is 4.35. The maximum Gasteiger partial charge on any atom is 0.294 e. The largest absolute Gasteiger partial charge is 0.294 e. The molecule has 18 heavy (non-hydrogen) atoms. The maximum atomic E-state index is 12.3. The minimum absolute atomic E-state index is 0.00588. The fourth-order valence-corrected chi connectivity index (χ4v) is 2.99. The normalized spacial score (nSPS) is 15.1. The van der Waals surface area contributed by atoms with Gasteiger partial charge in [0.05, 0.1) is 23.4 Å². The molecular weight excluding hydrogens is 268 g/mol. The van der Waals surface area contributed by atoms with Crippen molar-refractivity contribution in [1.82, 2.24) is 4.31 Å². The van der Waals surface area contributed by atoms with E-state index in [0.29, 0.717) is 11.3 Å². The summed E-state index contributed by atoms with van der Waals surface area (Å²) in [5.74, 6) is -0.0699. The first-order chi connectivity index (χ1) is 8.43. The van der Waals surface area contributed by atoms with E-state index in [9.17, 15) is 9.59 Å². The van der Waals surface area contributed by atoms with E-state index in [1.165, 1.54) is 4.31 Å². The summed E-state index contributed by atoms with van der Waals surface area (Å²) in [7, 11) is 0. The number of carbonyl (C=O) groups excluding carboxylic acids is 2. The van der Waals surface area contributed by atoms with Gasteiger partial charge in [0.25, 0.3) is 11.1 Å². The molecule has 1 aliphatic rings. The van der Waals surface area contributed by atoms with Crippen molar-refractivity contribution in [2.24, 2.45) is 0 Å². The molecule has 96 valence electrons. The van der Waals surface area contributed by atoms with Gasteiger partial charge in [0.15, 0.2) is 0 Å². The van der Waals surface area contributed by atoms with E-state index in [4.69, 9.17) is 0 Å². The van der Waals surface area contributed by atoms with E-state index in [2.05, 4.69) is 12.6 Å². The van der Waals surface area contributed by atoms with Crippen molar-refractivity contribution in [1.29, 1.82) is 0 Å². The minimum atomic E-state index is -0.381. The second-order valence-corrected chi connectivity index (χ2v) is 5.66. The first kappa shape index (κ1) is 13.3. The molecule has 2 rings (SSSR count). The fraction of sp³-hybridized carbons (Fsp3) is 0.333. The van der Waals surface area contributed by atoms with Gasteiger partial charge in [0, 0.05) is 6.04 Å². The summed E-state index contributed by atoms with van der Waals surface area (Å²) in [6.07, 6.45) is 0. The smallest absolute Gasteiger partial charge is 0.268 e. The van der Waals surface area contributed by atoms with Crippen molar-refractivity contribution < 1.29 is 9.59 Å². The Bertz CT molecular complexity index is 517. The number of amides is 2. The molecule has 0 fully saturated rings. The highest BCUT2D eigenvalue weighted by Gasteiger charge is 2.35. The Balaban J connectivity index is 2.59. The molecule has 0 unspecified atom stereocenters. The molecule has 0 bridgehead atoms. The van der Waals surface area contributed by atoms with Gasteiger partial charge >= 0.3 is 0 Å². The highest BCUT2D eigenvalue weighted by molar-refractivity contribution is 8.05. The van der Waals surface area contributed by atoms with Gasteiger partial charge in [-0.05, 0) is 32.4 Å². The van der Waals surface area contributed by atoms with Crippen LogP contribution in [0.15, 0.2) is 18.2 Å². The van der Waals surface area contributed by atoms with Gasteiger partial charge in [-0.1, -0.05) is 24.8 Å². The van der Waals surface area contributed by atoms with Gasteiger partial charge in [-0.25, -0.2) is 4.31 Å². The summed E-state index contributed by atoms with van der Waals surface area (Å²) < 4.78 is 3.03. The van der Waals surface area contributed by atoms with Gasteiger partial charge in [-0.2, -0.15) is 0 Å². The van der Waals surface area contributed by atoms with E-state index >= 15 is 0 Å². The Morgan fingerprint density at radius 3 is 2.61 bits per heavy atom. The number of hydrogen-bond donors (Lipinski definition) is 1. The van der Waals surface area contributed by atoms with E-state index in [0.717, 1.165) is 17.7 Å². The van der Waals surface area contributed by atoms with Crippen LogP contribution in [-0.2, 0) is 0 Å². The van der Waals surface area contributed by atoms with E-state index in [1.54, 1.807) is 10.4 Å². The zero-order valence-electron chi connectivity index (χ0n) is 10.4. The zero-order valence-corrected chi connectivity index (χ0v) is 12.1. The average molecular weight is 282 g/mol. The van der Waals surface area contributed by atoms with Crippen molar-refractivity contribution in [2.75, 3.05) is 4.31 Å². The van der Waals surface area contributed by atoms with Crippen LogP contribution < -0.4 is 4.31 Å². The summed E-state index contributed by atoms with van der Waals surface area (Å²) in [5, 5.41) is -0.381. The summed E-state index contributed by atoms with van der Waals surface area (Å²) in [6.45, 7) is 5.70. The Morgan fingerprint density at radius 1 is 1.39 bits per heavy atom. The number of nitrogens with zero attached hydrogens (tertiary/aromatic N) is 2. The van der Waals surface area contributed by atoms with Crippen LogP contribution in [0.1, 0.15) is 29.8 Å². The lowest BCUT2D eigenvalue weighted by atomic mass is 10.1. The van der Waals surface area contributed by atoms with E-state index in [1.807, 2.05) is 32.9 Å². The third-order valence-corrected chi connectivity index (χ3v) is 4.29. The average Bonchev–Trinajstić information content (AvgIpc) is 2.29. The number of carbonyl (C=O) groups is 2. The molecule has 2 amide bonds. The van der Waals surface area contributed by atoms with Gasteiger partial charge in [0.1, 0.15) is 0 Å². The minimum Gasteiger partial charge on any atom is -0.268 e. The molecule has 0 N–H and O–H groups in total. The number of thiol groups is 1. The molecule has 0 spiro atoms. The second kappa shape index (κ2) is 4.85. The standard InChI is InChI=1S/C12H14N2O2S2/c1-7(2)13-11(15)9-6-4-5-8(3)10(9)14(18-13)12(16)17/h4-7H,1-3H3,(H,16,17). The third kappa shape index (κ3) is 2.10. The Morgan fingerprint density at radius 2 is 2.06 bits per heavy atom. The lowest BCUT2D eigenvalue weighted by Gasteiger charge is -2.36. The number of para-hydroxylation sites is 1. The summed E-state index contributed by atoms with van der Waals surface area (Å²) in [6, 6.07) is 5.44. The summed E-state index contributed by atoms with van der Waals surface area (Å²) in [4.78, 5) is 23.9. The predicted molar refractivity (Wildman–Crippen MR) is 76.9 cm³/mol. The molecule has 0 radical (unpaired) electrons. The summed E-state index contributed by atoms with van der Waals surface area (Å²) >= 11 is 4.98. The third-order valence-electron chi connectivity index (χ3n) is 2.68. The van der Waals surface area contributed by atoms with Gasteiger partial charge in [-0.15, -0.1) is 0 Å². The highest BCUT2D eigenvalue weighted by atomic mass is 32.2. The van der Waals surface area contributed by atoms with E-state index in [-0.39, 0.29) is 17.2 Å². The number of benzene rings is 1. The van der Waals surface area contributed by atoms with Crippen LogP contribution in [0.3, 0.4) is 0 Å². The lowest BCUT2D eigenvalue weighted by Crippen LogP contribution is -2.41. The van der Waals surface area contributed by atoms with Crippen molar-refractivity contribution in [3.8, 4) is 0 Å². The first-order valence-electron chi connectivity index (χ1n) is 5.57. The molecular formula is C12H14N2O2S2. The molecule has 0 aromatic heterocycles. The van der Waals surface area contributed by atoms with Crippen molar-refractivity contribution in [3.05, 3.63) is 29.3 Å². The van der Waals surface area contributed by atoms with Gasteiger partial charge < -0.3 is 0 Å². The van der Waals surface area contributed by atoms with Crippen molar-refractivity contribution in [2.45, 2.75) is 26.8 Å². The van der Waals surface area contributed by atoms with Crippen LogP contribution >= 0.6 is 24.8 Å². The molecule has 0 saturated carbocycles. The van der Waals surface area contributed by atoms with Crippen LogP contribution in [-0.4, -0.2) is 21.5 Å². The monoisotopic (exact) mass is 282 g/mol. The zero-order chi connectivity index (χ0) is 13.4. The SMILES string of the molecule is Cc1cccc2c1N(C(=O)S)SN(C(C)C)C2=O. The molecule has 1 aromatic carbocycles. The molecule has 1 aliphatic heterocycles. The summed E-state index contributed by atoms with van der Waals surface area (Å²) in [5.41, 5.74) is 2.08. The molecule has 1 aromatic rings. The lowest BCUT2D eigenvalue weighted by molar-refractivity contribution is 0.0846. The van der Waals surface area contributed by atoms with E-state index < -0.39 is 0 Å². The van der Waals surface area contributed by atoms with Gasteiger partial charge in [-0.3, -0.25) is 13.9 Å². The quantitative estimate of drug-likeness (QED) is 0.635. The van der Waals surface area contributed by atoms with Crippen molar-refractivity contribution >= 4 is 41.6 Å². The van der Waals surface area contributed by atoms with Crippen LogP contribution in [0.25, 0.3) is 0 Å². The van der Waals surface area contributed by atoms with Gasteiger partial charge in [0.2, 0.25) is 0 Å². The number of aryl methyl sites for hydroxylation is 1. The molecule has 0 aliphatic carbocycles. The molecule has 1 heterocycles. The molecule has 0 saturated heterocycles. The number of hydrogen-bond acceptors (Lipinski definition) is 3. The molecule has 6 heteroatoms. The number of rotatable bonds is 1. The molecule has 0 atom stereocenters. The number of anilines is 1. The van der Waals surface area contributed by atoms with Crippen LogP contribution in [0.5, 0.6) is 0 Å². The fourth-order valence-electron chi connectivity index (χ4n) is 1.85. The Labute approximate surface area is 116 Å². The maximum absolute atomic E-state index is 12.3. The Hall–Kier alpha value is -1.14. The van der Waals surface area contributed by atoms with Crippen molar-refractivity contribution in [3.63, 3.8) is 0 Å². The predicted octanol–water partition coefficient (Wildman–Crippen LogP) is 3.28. The molecule has 4 nitrogen and oxygen atoms in total. The first-order valence-corrected chi connectivity index (χ1v) is 6.75. The number of fused-ring (bicyclic) bond motifs is 1. The highest BCUT2D eigenvalue weighted by Crippen LogP contribution is 2.40. The van der Waals surface area contributed by atoms with Crippen LogP contribution in [0, 0.1) is 6.92 Å².